The molecule has 0 saturated carbocycles. The molecule has 7 heteroatoms. The molecule has 1 N–H and O–H groups in total. The fourth-order valence-electron chi connectivity index (χ4n) is 2.74. The highest BCUT2D eigenvalue weighted by Gasteiger charge is 2.20. The van der Waals surface area contributed by atoms with Gasteiger partial charge in [0, 0.05) is 15.7 Å². The molecule has 0 unspecified atom stereocenters. The van der Waals surface area contributed by atoms with Crippen molar-refractivity contribution in [1.29, 1.82) is 0 Å². The van der Waals surface area contributed by atoms with Crippen LogP contribution in [0.5, 0.6) is 0 Å². The van der Waals surface area contributed by atoms with E-state index in [0.717, 1.165) is 11.6 Å². The quantitative estimate of drug-likeness (QED) is 0.660. The topological polar surface area (TPSA) is 46.9 Å². The molecule has 4 nitrogen and oxygen atoms in total. The van der Waals surface area contributed by atoms with E-state index in [-0.39, 0.29) is 10.7 Å². The molecular formula is C19H16Cl2FN3O. The molecule has 3 rings (SSSR count). The van der Waals surface area contributed by atoms with Crippen molar-refractivity contribution in [3.05, 3.63) is 80.8 Å². The van der Waals surface area contributed by atoms with E-state index in [1.807, 2.05) is 18.2 Å². The number of aryl methyl sites for hydroxylation is 1. The molecule has 0 fully saturated rings. The van der Waals surface area contributed by atoms with E-state index < -0.39 is 11.7 Å². The summed E-state index contributed by atoms with van der Waals surface area (Å²) in [5, 5.41) is 7.90. The molecule has 1 amide bonds. The van der Waals surface area contributed by atoms with Crippen molar-refractivity contribution in [1.82, 2.24) is 9.78 Å². The van der Waals surface area contributed by atoms with Gasteiger partial charge in [-0.1, -0.05) is 41.4 Å². The highest BCUT2D eigenvalue weighted by Crippen LogP contribution is 2.22. The number of halogens is 3. The second kappa shape index (κ2) is 7.48. The highest BCUT2D eigenvalue weighted by molar-refractivity contribution is 6.31. The normalized spacial score (nSPS) is 10.8. The molecule has 0 aliphatic rings. The number of carbonyl (C=O) groups excluding carboxylic acids is 1. The lowest BCUT2D eigenvalue weighted by Crippen LogP contribution is -2.15. The monoisotopic (exact) mass is 391 g/mol. The van der Waals surface area contributed by atoms with Crippen molar-refractivity contribution in [3.63, 3.8) is 0 Å². The van der Waals surface area contributed by atoms with Crippen LogP contribution in [0.25, 0.3) is 0 Å². The summed E-state index contributed by atoms with van der Waals surface area (Å²) < 4.78 is 15.6. The molecule has 0 aliphatic heterocycles. The minimum atomic E-state index is -0.593. The molecule has 3 aromatic rings. The maximum atomic E-state index is 13.9. The lowest BCUT2D eigenvalue weighted by atomic mass is 10.1. The average molecular weight is 392 g/mol. The number of amides is 1. The van der Waals surface area contributed by atoms with Crippen molar-refractivity contribution in [2.75, 3.05) is 5.32 Å². The summed E-state index contributed by atoms with van der Waals surface area (Å²) >= 11 is 11.9. The number of nitrogens with zero attached hydrogens (tertiary/aromatic N) is 2. The van der Waals surface area contributed by atoms with Gasteiger partial charge in [0.05, 0.1) is 23.5 Å². The van der Waals surface area contributed by atoms with Crippen LogP contribution in [0, 0.1) is 19.7 Å². The Hall–Kier alpha value is -2.37. The molecule has 1 aromatic heterocycles. The Balaban J connectivity index is 1.87. The molecule has 0 spiro atoms. The summed E-state index contributed by atoms with van der Waals surface area (Å²) in [5.41, 5.74) is 2.61. The Morgan fingerprint density at radius 3 is 2.62 bits per heavy atom. The van der Waals surface area contributed by atoms with E-state index in [2.05, 4.69) is 10.4 Å². The number of aromatic nitrogens is 2. The third-order valence-electron chi connectivity index (χ3n) is 4.07. The number of hydrogen-bond acceptors (Lipinski definition) is 2. The Morgan fingerprint density at radius 1 is 1.19 bits per heavy atom. The first-order valence-corrected chi connectivity index (χ1v) is 8.66. The number of anilines is 1. The summed E-state index contributed by atoms with van der Waals surface area (Å²) in [6.07, 6.45) is 0. The van der Waals surface area contributed by atoms with Crippen molar-refractivity contribution in [2.45, 2.75) is 20.4 Å². The molecule has 0 atom stereocenters. The Morgan fingerprint density at radius 2 is 1.92 bits per heavy atom. The van der Waals surface area contributed by atoms with E-state index >= 15 is 0 Å². The van der Waals surface area contributed by atoms with Crippen molar-refractivity contribution in [2.24, 2.45) is 0 Å². The first-order valence-electron chi connectivity index (χ1n) is 7.90. The zero-order valence-corrected chi connectivity index (χ0v) is 15.7. The molecule has 2 aromatic carbocycles. The second-order valence-corrected chi connectivity index (χ2v) is 6.72. The minimum absolute atomic E-state index is 0.0667. The fraction of sp³-hybridized carbons (Fsp3) is 0.158. The molecule has 1 heterocycles. The van der Waals surface area contributed by atoms with Gasteiger partial charge < -0.3 is 5.32 Å². The van der Waals surface area contributed by atoms with Crippen LogP contribution in [0.4, 0.5) is 10.1 Å². The predicted octanol–water partition coefficient (Wildman–Crippen LogP) is 5.25. The number of hydrogen-bond donors (Lipinski definition) is 1. The lowest BCUT2D eigenvalue weighted by Gasteiger charge is -2.09. The number of carbonyl (C=O) groups is 1. The van der Waals surface area contributed by atoms with Crippen molar-refractivity contribution in [3.8, 4) is 0 Å². The first-order chi connectivity index (χ1) is 12.4. The molecule has 0 aliphatic carbocycles. The van der Waals surface area contributed by atoms with E-state index in [1.165, 1.54) is 12.1 Å². The minimum Gasteiger partial charge on any atom is -0.319 e. The average Bonchev–Trinajstić information content (AvgIpc) is 2.86. The summed E-state index contributed by atoms with van der Waals surface area (Å²) in [7, 11) is 0. The summed E-state index contributed by atoms with van der Waals surface area (Å²) in [6, 6.07) is 11.5. The smallest absolute Gasteiger partial charge is 0.259 e. The zero-order chi connectivity index (χ0) is 18.8. The third kappa shape index (κ3) is 3.74. The van der Waals surface area contributed by atoms with Gasteiger partial charge in [0.2, 0.25) is 0 Å². The highest BCUT2D eigenvalue weighted by atomic mass is 35.5. The lowest BCUT2D eigenvalue weighted by molar-refractivity contribution is 0.102. The van der Waals surface area contributed by atoms with Gasteiger partial charge in [-0.05, 0) is 43.7 Å². The van der Waals surface area contributed by atoms with Crippen molar-refractivity contribution < 1.29 is 9.18 Å². The largest absolute Gasteiger partial charge is 0.319 e. The van der Waals surface area contributed by atoms with Gasteiger partial charge in [0.25, 0.3) is 5.91 Å². The van der Waals surface area contributed by atoms with Crippen LogP contribution in [-0.4, -0.2) is 15.7 Å². The molecule has 26 heavy (non-hydrogen) atoms. The second-order valence-electron chi connectivity index (χ2n) is 5.87. The maximum Gasteiger partial charge on any atom is 0.259 e. The van der Waals surface area contributed by atoms with Gasteiger partial charge >= 0.3 is 0 Å². The van der Waals surface area contributed by atoms with Gasteiger partial charge in [-0.25, -0.2) is 4.39 Å². The van der Waals surface area contributed by atoms with Gasteiger partial charge in [-0.3, -0.25) is 9.48 Å². The summed E-state index contributed by atoms with van der Waals surface area (Å²) in [6.45, 7) is 3.97. The fourth-order valence-corrected chi connectivity index (χ4v) is 3.10. The van der Waals surface area contributed by atoms with Crippen LogP contribution in [0.2, 0.25) is 10.0 Å². The molecule has 0 saturated heterocycles. The zero-order valence-electron chi connectivity index (χ0n) is 14.2. The van der Waals surface area contributed by atoms with Crippen LogP contribution in [0.3, 0.4) is 0 Å². The van der Waals surface area contributed by atoms with Crippen LogP contribution in [0.15, 0.2) is 42.5 Å². The standard InChI is InChI=1S/C19H16Cl2FN3O/c1-11-18(19(26)23-17-8-7-14(20)9-16(17)22)12(2)25(24-11)10-13-5-3-4-6-15(13)21/h3-9H,10H2,1-2H3,(H,23,26). The van der Waals surface area contributed by atoms with E-state index in [4.69, 9.17) is 23.2 Å². The number of nitrogens with one attached hydrogen (secondary N) is 1. The Kier molecular flexibility index (Phi) is 5.30. The molecule has 0 bridgehead atoms. The SMILES string of the molecule is Cc1nn(Cc2ccccc2Cl)c(C)c1C(=O)Nc1ccc(Cl)cc1F. The van der Waals surface area contributed by atoms with Crippen molar-refractivity contribution >= 4 is 34.8 Å². The summed E-state index contributed by atoms with van der Waals surface area (Å²) in [5.74, 6) is -1.02. The summed E-state index contributed by atoms with van der Waals surface area (Å²) in [4.78, 5) is 12.6. The third-order valence-corrected chi connectivity index (χ3v) is 4.67. The Labute approximate surface area is 160 Å². The Bertz CT molecular complexity index is 985. The van der Waals surface area contributed by atoms with Gasteiger partial charge in [-0.2, -0.15) is 5.10 Å². The molecule has 0 radical (unpaired) electrons. The van der Waals surface area contributed by atoms with Gasteiger partial charge in [0.15, 0.2) is 0 Å². The molecule has 134 valence electrons. The number of benzene rings is 2. The van der Waals surface area contributed by atoms with Crippen LogP contribution < -0.4 is 5.32 Å². The van der Waals surface area contributed by atoms with Gasteiger partial charge in [-0.15, -0.1) is 0 Å². The first kappa shape index (κ1) is 18.4. The molecular weight excluding hydrogens is 376 g/mol. The van der Waals surface area contributed by atoms with E-state index in [0.29, 0.717) is 28.5 Å². The van der Waals surface area contributed by atoms with Crippen LogP contribution in [0.1, 0.15) is 27.3 Å². The predicted molar refractivity (Wildman–Crippen MR) is 102 cm³/mol. The number of rotatable bonds is 4. The van der Waals surface area contributed by atoms with E-state index in [1.54, 1.807) is 24.6 Å². The maximum absolute atomic E-state index is 13.9. The van der Waals surface area contributed by atoms with E-state index in [9.17, 15) is 9.18 Å². The van der Waals surface area contributed by atoms with Crippen LogP contribution in [-0.2, 0) is 6.54 Å². The van der Waals surface area contributed by atoms with Crippen LogP contribution >= 0.6 is 23.2 Å². The van der Waals surface area contributed by atoms with Gasteiger partial charge in [0.1, 0.15) is 5.82 Å².